The van der Waals surface area contributed by atoms with Gasteiger partial charge in [-0.1, -0.05) is 18.5 Å². The van der Waals surface area contributed by atoms with Gasteiger partial charge in [0.2, 0.25) is 15.9 Å². The molecule has 0 aliphatic carbocycles. The lowest BCUT2D eigenvalue weighted by atomic mass is 10.2. The van der Waals surface area contributed by atoms with Crippen LogP contribution in [-0.4, -0.2) is 37.8 Å². The van der Waals surface area contributed by atoms with E-state index < -0.39 is 16.1 Å². The van der Waals surface area contributed by atoms with Crippen molar-refractivity contribution in [2.24, 2.45) is 0 Å². The van der Waals surface area contributed by atoms with Gasteiger partial charge in [0.05, 0.1) is 9.37 Å². The largest absolute Gasteiger partial charge is 0.398 e. The monoisotopic (exact) mass is 395 g/mol. The zero-order chi connectivity index (χ0) is 15.8. The summed E-state index contributed by atoms with van der Waals surface area (Å²) in [7, 11) is -3.87. The van der Waals surface area contributed by atoms with Crippen LogP contribution < -0.4 is 11.1 Å². The Kier molecular flexibility index (Phi) is 4.82. The molecule has 1 saturated heterocycles. The molecule has 0 spiro atoms. The molecule has 0 bridgehead atoms. The normalized spacial score (nSPS) is 20.3. The number of rotatable bonds is 3. The molecule has 1 unspecified atom stereocenters. The number of sulfonamides is 1. The summed E-state index contributed by atoms with van der Waals surface area (Å²) < 4.78 is 27.1. The van der Waals surface area contributed by atoms with E-state index in [-0.39, 0.29) is 39.1 Å². The van der Waals surface area contributed by atoms with Gasteiger partial charge in [0.15, 0.2) is 0 Å². The molecule has 1 heterocycles. The number of halogens is 2. The molecule has 2 rings (SSSR count). The van der Waals surface area contributed by atoms with Crippen molar-refractivity contribution in [1.82, 2.24) is 9.62 Å². The number of nitrogen functional groups attached to an aromatic ring is 1. The number of benzene rings is 1. The van der Waals surface area contributed by atoms with E-state index in [1.807, 2.05) is 0 Å². The van der Waals surface area contributed by atoms with E-state index in [1.165, 1.54) is 16.4 Å². The number of hydrogen-bond acceptors (Lipinski definition) is 4. The molecule has 1 aromatic rings. The first-order valence-corrected chi connectivity index (χ1v) is 8.94. The highest BCUT2D eigenvalue weighted by Gasteiger charge is 2.38. The molecule has 6 nitrogen and oxygen atoms in total. The average molecular weight is 397 g/mol. The zero-order valence-corrected chi connectivity index (χ0v) is 14.4. The summed E-state index contributed by atoms with van der Waals surface area (Å²) in [5, 5.41) is 2.89. The van der Waals surface area contributed by atoms with E-state index in [2.05, 4.69) is 21.2 Å². The molecular formula is C12H15BrClN3O3S. The fraction of sp³-hybridized carbons (Fsp3) is 0.417. The van der Waals surface area contributed by atoms with Gasteiger partial charge >= 0.3 is 0 Å². The Balaban J connectivity index is 2.54. The van der Waals surface area contributed by atoms with Crippen LogP contribution in [0.4, 0.5) is 5.69 Å². The smallest absolute Gasteiger partial charge is 0.245 e. The zero-order valence-electron chi connectivity index (χ0n) is 11.3. The summed E-state index contributed by atoms with van der Waals surface area (Å²) in [4.78, 5) is 11.8. The second kappa shape index (κ2) is 6.12. The maximum absolute atomic E-state index is 12.8. The molecule has 0 radical (unpaired) electrons. The molecule has 1 aliphatic rings. The van der Waals surface area contributed by atoms with Gasteiger partial charge in [0.25, 0.3) is 0 Å². The van der Waals surface area contributed by atoms with Crippen LogP contribution in [0.5, 0.6) is 0 Å². The summed E-state index contributed by atoms with van der Waals surface area (Å²) in [6.45, 7) is 2.26. The summed E-state index contributed by atoms with van der Waals surface area (Å²) in [5.74, 6) is -0.293. The van der Waals surface area contributed by atoms with Gasteiger partial charge in [-0.05, 0) is 34.5 Å². The maximum atomic E-state index is 12.8. The van der Waals surface area contributed by atoms with E-state index in [4.69, 9.17) is 17.3 Å². The van der Waals surface area contributed by atoms with Crippen LogP contribution in [0, 0.1) is 0 Å². The van der Waals surface area contributed by atoms with Crippen LogP contribution in [0.15, 0.2) is 21.5 Å². The highest BCUT2D eigenvalue weighted by molar-refractivity contribution is 9.10. The lowest BCUT2D eigenvalue weighted by molar-refractivity contribution is -0.126. The number of piperazine rings is 1. The van der Waals surface area contributed by atoms with E-state index in [1.54, 1.807) is 6.92 Å². The lowest BCUT2D eigenvalue weighted by Gasteiger charge is -2.33. The Labute approximate surface area is 136 Å². The van der Waals surface area contributed by atoms with Crippen molar-refractivity contribution in [3.8, 4) is 0 Å². The van der Waals surface area contributed by atoms with Crippen molar-refractivity contribution < 1.29 is 13.2 Å². The van der Waals surface area contributed by atoms with Crippen molar-refractivity contribution in [2.75, 3.05) is 18.8 Å². The molecule has 1 atom stereocenters. The van der Waals surface area contributed by atoms with Gasteiger partial charge in [0, 0.05) is 23.8 Å². The molecule has 1 aromatic carbocycles. The average Bonchev–Trinajstić information content (AvgIpc) is 2.42. The first kappa shape index (κ1) is 16.5. The van der Waals surface area contributed by atoms with Crippen LogP contribution in [0.2, 0.25) is 5.02 Å². The standard InChI is InChI=1S/C12H15BrClN3O3S/c1-2-9-12(18)16-3-4-17(9)21(19,20)10-6-7(14)5-8(15)11(10)13/h5-6,9H,2-4,15H2,1H3,(H,16,18). The lowest BCUT2D eigenvalue weighted by Crippen LogP contribution is -2.56. The summed E-state index contributed by atoms with van der Waals surface area (Å²) >= 11 is 9.09. The Morgan fingerprint density at radius 3 is 2.81 bits per heavy atom. The quantitative estimate of drug-likeness (QED) is 0.759. The van der Waals surface area contributed by atoms with Crippen molar-refractivity contribution in [2.45, 2.75) is 24.3 Å². The molecule has 1 aliphatic heterocycles. The van der Waals surface area contributed by atoms with Crippen LogP contribution in [0.3, 0.4) is 0 Å². The van der Waals surface area contributed by atoms with Crippen LogP contribution in [-0.2, 0) is 14.8 Å². The van der Waals surface area contributed by atoms with Gasteiger partial charge in [-0.25, -0.2) is 8.42 Å². The van der Waals surface area contributed by atoms with Crippen molar-refractivity contribution in [1.29, 1.82) is 0 Å². The minimum absolute atomic E-state index is 0.0272. The maximum Gasteiger partial charge on any atom is 0.245 e. The molecule has 3 N–H and O–H groups in total. The highest BCUT2D eigenvalue weighted by atomic mass is 79.9. The molecular weight excluding hydrogens is 382 g/mol. The van der Waals surface area contributed by atoms with Gasteiger partial charge < -0.3 is 11.1 Å². The Hall–Kier alpha value is -0.830. The van der Waals surface area contributed by atoms with E-state index in [9.17, 15) is 13.2 Å². The van der Waals surface area contributed by atoms with Gasteiger partial charge in [0.1, 0.15) is 6.04 Å². The predicted octanol–water partition coefficient (Wildman–Crippen LogP) is 1.58. The highest BCUT2D eigenvalue weighted by Crippen LogP contribution is 2.34. The molecule has 0 aromatic heterocycles. The number of amides is 1. The van der Waals surface area contributed by atoms with Crippen molar-refractivity contribution >= 4 is 49.1 Å². The van der Waals surface area contributed by atoms with E-state index in [0.29, 0.717) is 6.42 Å². The molecule has 1 fully saturated rings. The number of carbonyl (C=O) groups excluding carboxylic acids is 1. The third-order valence-electron chi connectivity index (χ3n) is 3.29. The van der Waals surface area contributed by atoms with Gasteiger partial charge in [-0.3, -0.25) is 4.79 Å². The summed E-state index contributed by atoms with van der Waals surface area (Å²) in [6, 6.07) is 2.07. The van der Waals surface area contributed by atoms with Crippen molar-refractivity contribution in [3.05, 3.63) is 21.6 Å². The van der Waals surface area contributed by atoms with Gasteiger partial charge in [-0.2, -0.15) is 4.31 Å². The first-order valence-electron chi connectivity index (χ1n) is 6.33. The molecule has 9 heteroatoms. The fourth-order valence-electron chi connectivity index (χ4n) is 2.27. The van der Waals surface area contributed by atoms with Crippen LogP contribution in [0.25, 0.3) is 0 Å². The molecule has 116 valence electrons. The number of nitrogens with two attached hydrogens (primary N) is 1. The predicted molar refractivity (Wildman–Crippen MR) is 84.5 cm³/mol. The van der Waals surface area contributed by atoms with Crippen LogP contribution >= 0.6 is 27.5 Å². The minimum atomic E-state index is -3.87. The minimum Gasteiger partial charge on any atom is -0.398 e. The van der Waals surface area contributed by atoms with Gasteiger partial charge in [-0.15, -0.1) is 0 Å². The molecule has 1 amide bonds. The number of carbonyl (C=O) groups is 1. The van der Waals surface area contributed by atoms with Crippen LogP contribution in [0.1, 0.15) is 13.3 Å². The van der Waals surface area contributed by atoms with E-state index in [0.717, 1.165) is 0 Å². The Morgan fingerprint density at radius 1 is 1.52 bits per heavy atom. The third kappa shape index (κ3) is 3.03. The SMILES string of the molecule is CCC1C(=O)NCCN1S(=O)(=O)c1cc(Cl)cc(N)c1Br. The molecule has 21 heavy (non-hydrogen) atoms. The summed E-state index contributed by atoms with van der Waals surface area (Å²) in [6.07, 6.45) is 0.388. The van der Waals surface area contributed by atoms with E-state index >= 15 is 0 Å². The number of nitrogens with one attached hydrogen (secondary N) is 1. The fourth-order valence-corrected chi connectivity index (χ4v) is 5.19. The molecule has 0 saturated carbocycles. The Morgan fingerprint density at radius 2 is 2.19 bits per heavy atom. The summed E-state index contributed by atoms with van der Waals surface area (Å²) in [5.41, 5.74) is 5.98. The number of anilines is 1. The first-order chi connectivity index (χ1) is 9.78. The third-order valence-corrected chi connectivity index (χ3v) is 6.59. The number of hydrogen-bond donors (Lipinski definition) is 2. The second-order valence-corrected chi connectivity index (χ2v) is 7.73. The Bertz CT molecular complexity index is 681. The number of nitrogens with zero attached hydrogens (tertiary/aromatic N) is 1. The van der Waals surface area contributed by atoms with Crippen molar-refractivity contribution in [3.63, 3.8) is 0 Å². The second-order valence-electron chi connectivity index (χ2n) is 4.64. The topological polar surface area (TPSA) is 92.5 Å².